The summed E-state index contributed by atoms with van der Waals surface area (Å²) in [7, 11) is -7.36. The lowest BCUT2D eigenvalue weighted by Crippen LogP contribution is -2.18. The van der Waals surface area contributed by atoms with Crippen LogP contribution in [0, 0.1) is 0 Å². The maximum atomic E-state index is 13.1. The topological polar surface area (TPSA) is 139 Å². The van der Waals surface area contributed by atoms with Crippen LogP contribution in [-0.4, -0.2) is 35.0 Å². The highest BCUT2D eigenvalue weighted by molar-refractivity contribution is 7.94. The first-order chi connectivity index (χ1) is 15.0. The second-order valence-electron chi connectivity index (χ2n) is 6.10. The van der Waals surface area contributed by atoms with Crippen molar-refractivity contribution in [3.05, 3.63) is 63.5 Å². The molecular formula is C18H14Cl2N2O7S3. The zero-order valence-electron chi connectivity index (χ0n) is 16.0. The number of ether oxygens (including phenoxy) is 1. The van der Waals surface area contributed by atoms with Crippen molar-refractivity contribution in [3.63, 3.8) is 0 Å². The van der Waals surface area contributed by atoms with Crippen molar-refractivity contribution in [1.82, 2.24) is 0 Å². The molecule has 0 fully saturated rings. The Kier molecular flexibility index (Phi) is 6.91. The number of anilines is 2. The molecule has 3 rings (SSSR count). The standard InChI is InChI=1S/C18H14Cl2N2O7S3/c1-29-17-10(18(23)24)4-2-5-15(17)31(25,26)21-13-8-11(19)12(20)9-14(13)22-32(27,28)16-6-3-7-30-16/h2-9,21-22H,1H3,(H,23,24). The van der Waals surface area contributed by atoms with Gasteiger partial charge in [-0.05, 0) is 35.7 Å². The predicted octanol–water partition coefficient (Wildman–Crippen LogP) is 4.36. The molecule has 0 spiro atoms. The number of carboxylic acids is 1. The van der Waals surface area contributed by atoms with Crippen LogP contribution in [0.2, 0.25) is 10.0 Å². The van der Waals surface area contributed by atoms with E-state index in [9.17, 15) is 26.7 Å². The van der Waals surface area contributed by atoms with Gasteiger partial charge in [-0.3, -0.25) is 9.44 Å². The van der Waals surface area contributed by atoms with Gasteiger partial charge in [0.25, 0.3) is 20.0 Å². The summed E-state index contributed by atoms with van der Waals surface area (Å²) in [5.74, 6) is -1.79. The molecule has 0 aliphatic heterocycles. The number of methoxy groups -OCH3 is 1. The third-order valence-electron chi connectivity index (χ3n) is 4.01. The molecule has 0 saturated carbocycles. The fourth-order valence-electron chi connectivity index (χ4n) is 2.63. The van der Waals surface area contributed by atoms with Crippen molar-refractivity contribution in [2.75, 3.05) is 16.6 Å². The van der Waals surface area contributed by atoms with Gasteiger partial charge in [-0.15, -0.1) is 11.3 Å². The lowest BCUT2D eigenvalue weighted by molar-refractivity contribution is 0.0692. The number of halogens is 2. The fourth-order valence-corrected chi connectivity index (χ4v) is 6.29. The number of sulfonamides is 2. The van der Waals surface area contributed by atoms with Gasteiger partial charge in [-0.1, -0.05) is 35.3 Å². The van der Waals surface area contributed by atoms with Gasteiger partial charge < -0.3 is 9.84 Å². The highest BCUT2D eigenvalue weighted by atomic mass is 35.5. The lowest BCUT2D eigenvalue weighted by atomic mass is 10.2. The molecule has 0 aliphatic rings. The first-order valence-electron chi connectivity index (χ1n) is 8.45. The summed E-state index contributed by atoms with van der Waals surface area (Å²) in [5.41, 5.74) is -0.796. The summed E-state index contributed by atoms with van der Waals surface area (Å²) < 4.78 is 60.9. The van der Waals surface area contributed by atoms with Crippen LogP contribution in [0.1, 0.15) is 10.4 Å². The average Bonchev–Trinajstić information content (AvgIpc) is 3.26. The van der Waals surface area contributed by atoms with E-state index in [1.165, 1.54) is 18.2 Å². The summed E-state index contributed by atoms with van der Waals surface area (Å²) in [6.07, 6.45) is 0. The van der Waals surface area contributed by atoms with Crippen LogP contribution < -0.4 is 14.2 Å². The van der Waals surface area contributed by atoms with E-state index in [-0.39, 0.29) is 31.2 Å². The van der Waals surface area contributed by atoms with Crippen molar-refractivity contribution in [3.8, 4) is 5.75 Å². The first kappa shape index (κ1) is 24.1. The number of benzene rings is 2. The molecule has 3 aromatic rings. The molecule has 2 aromatic carbocycles. The number of carbonyl (C=O) groups is 1. The van der Waals surface area contributed by atoms with Gasteiger partial charge >= 0.3 is 5.97 Å². The highest BCUT2D eigenvalue weighted by Gasteiger charge is 2.26. The maximum absolute atomic E-state index is 13.1. The van der Waals surface area contributed by atoms with Crippen LogP contribution >= 0.6 is 34.5 Å². The molecule has 170 valence electrons. The van der Waals surface area contributed by atoms with Crippen molar-refractivity contribution in [1.29, 1.82) is 0 Å². The monoisotopic (exact) mass is 536 g/mol. The molecule has 0 bridgehead atoms. The van der Waals surface area contributed by atoms with Crippen LogP contribution in [0.4, 0.5) is 11.4 Å². The van der Waals surface area contributed by atoms with Gasteiger partial charge in [0.1, 0.15) is 14.7 Å². The first-order valence-corrected chi connectivity index (χ1v) is 13.0. The summed E-state index contributed by atoms with van der Waals surface area (Å²) >= 11 is 13.0. The largest absolute Gasteiger partial charge is 0.494 e. The van der Waals surface area contributed by atoms with Crippen LogP contribution in [-0.2, 0) is 20.0 Å². The minimum absolute atomic E-state index is 0.00629. The second-order valence-corrected chi connectivity index (χ2v) is 11.4. The maximum Gasteiger partial charge on any atom is 0.339 e. The SMILES string of the molecule is COc1c(C(=O)O)cccc1S(=O)(=O)Nc1cc(Cl)c(Cl)cc1NS(=O)(=O)c1cccs1. The average molecular weight is 537 g/mol. The van der Waals surface area contributed by atoms with Gasteiger partial charge in [0, 0.05) is 0 Å². The van der Waals surface area contributed by atoms with E-state index in [0.717, 1.165) is 36.6 Å². The van der Waals surface area contributed by atoms with E-state index >= 15 is 0 Å². The molecular weight excluding hydrogens is 523 g/mol. The van der Waals surface area contributed by atoms with Crippen LogP contribution in [0.15, 0.2) is 56.9 Å². The van der Waals surface area contributed by atoms with E-state index in [1.807, 2.05) is 0 Å². The Morgan fingerprint density at radius 1 is 0.969 bits per heavy atom. The Labute approximate surface area is 197 Å². The summed E-state index contributed by atoms with van der Waals surface area (Å²) in [4.78, 5) is 10.9. The van der Waals surface area contributed by atoms with Gasteiger partial charge in [0.15, 0.2) is 5.75 Å². The van der Waals surface area contributed by atoms with E-state index < -0.39 is 36.7 Å². The zero-order chi connectivity index (χ0) is 23.7. The normalized spacial score (nSPS) is 11.7. The lowest BCUT2D eigenvalue weighted by Gasteiger charge is -2.17. The molecule has 32 heavy (non-hydrogen) atoms. The minimum atomic E-state index is -4.45. The third-order valence-corrected chi connectivity index (χ3v) is 8.89. The van der Waals surface area contributed by atoms with Crippen LogP contribution in [0.5, 0.6) is 5.75 Å². The summed E-state index contributed by atoms with van der Waals surface area (Å²) in [5, 5.41) is 10.8. The number of hydrogen-bond acceptors (Lipinski definition) is 7. The summed E-state index contributed by atoms with van der Waals surface area (Å²) in [6.45, 7) is 0. The van der Waals surface area contributed by atoms with E-state index in [2.05, 4.69) is 9.44 Å². The Hall–Kier alpha value is -2.51. The van der Waals surface area contributed by atoms with Gasteiger partial charge in [-0.25, -0.2) is 21.6 Å². The number of para-hydroxylation sites is 1. The predicted molar refractivity (Wildman–Crippen MR) is 122 cm³/mol. The molecule has 0 atom stereocenters. The molecule has 14 heteroatoms. The van der Waals surface area contributed by atoms with Crippen LogP contribution in [0.3, 0.4) is 0 Å². The molecule has 0 unspecified atom stereocenters. The number of rotatable bonds is 8. The fraction of sp³-hybridized carbons (Fsp3) is 0.0556. The summed E-state index contributed by atoms with van der Waals surface area (Å²) in [6, 6.07) is 8.74. The van der Waals surface area contributed by atoms with E-state index in [1.54, 1.807) is 11.4 Å². The number of carboxylic acid groups (broad SMARTS) is 1. The van der Waals surface area contributed by atoms with Crippen molar-refractivity contribution in [2.24, 2.45) is 0 Å². The molecule has 9 nitrogen and oxygen atoms in total. The molecule has 0 aliphatic carbocycles. The van der Waals surface area contributed by atoms with E-state index in [4.69, 9.17) is 27.9 Å². The van der Waals surface area contributed by atoms with Crippen molar-refractivity contribution in [2.45, 2.75) is 9.10 Å². The zero-order valence-corrected chi connectivity index (χ0v) is 20.0. The third kappa shape index (κ3) is 4.94. The van der Waals surface area contributed by atoms with Crippen molar-refractivity contribution >= 4 is 71.9 Å². The number of thiophene rings is 1. The Morgan fingerprint density at radius 2 is 1.56 bits per heavy atom. The highest BCUT2D eigenvalue weighted by Crippen LogP contribution is 2.37. The molecule has 3 N–H and O–H groups in total. The quantitative estimate of drug-likeness (QED) is 0.388. The smallest absolute Gasteiger partial charge is 0.339 e. The van der Waals surface area contributed by atoms with Gasteiger partial charge in [0.2, 0.25) is 0 Å². The van der Waals surface area contributed by atoms with Crippen LogP contribution in [0.25, 0.3) is 0 Å². The minimum Gasteiger partial charge on any atom is -0.494 e. The Balaban J connectivity index is 2.09. The molecule has 0 saturated heterocycles. The number of hydrogen-bond donors (Lipinski definition) is 3. The Morgan fingerprint density at radius 3 is 2.06 bits per heavy atom. The number of aromatic carboxylic acids is 1. The van der Waals surface area contributed by atoms with Gasteiger partial charge in [0.05, 0.1) is 28.5 Å². The molecule has 1 heterocycles. The van der Waals surface area contributed by atoms with Gasteiger partial charge in [-0.2, -0.15) is 0 Å². The molecule has 0 radical (unpaired) electrons. The number of nitrogens with one attached hydrogen (secondary N) is 2. The molecule has 0 amide bonds. The van der Waals surface area contributed by atoms with E-state index in [0.29, 0.717) is 0 Å². The molecule has 1 aromatic heterocycles. The second kappa shape index (κ2) is 9.16. The Bertz CT molecular complexity index is 1390. The van der Waals surface area contributed by atoms with Crippen molar-refractivity contribution < 1.29 is 31.5 Å².